The van der Waals surface area contributed by atoms with E-state index in [4.69, 9.17) is 17.3 Å². The number of nitrogen functional groups attached to an aromatic ring is 1. The second-order valence-electron chi connectivity index (χ2n) is 5.40. The number of aromatic nitrogens is 1. The van der Waals surface area contributed by atoms with Gasteiger partial charge in [0.25, 0.3) is 5.82 Å². The van der Waals surface area contributed by atoms with E-state index < -0.39 is 0 Å². The second-order valence-corrected chi connectivity index (χ2v) is 5.81. The summed E-state index contributed by atoms with van der Waals surface area (Å²) in [6.45, 7) is 0. The van der Waals surface area contributed by atoms with Crippen molar-refractivity contribution in [3.05, 3.63) is 46.1 Å². The van der Waals surface area contributed by atoms with Crippen molar-refractivity contribution in [3.63, 3.8) is 0 Å². The molecule has 0 aliphatic heterocycles. The number of H-pyrrole nitrogens is 1. The standard InChI is InChI=1S/C17H16ClN3/c18-14-8-5-4-6-11(14)16-12-7-2-1-3-9-15(12)21-17(20)13(16)10-19/h4-6,8H,1-3,7,9H2,(H2,20,21)/p+1. The molecule has 0 fully saturated rings. The average Bonchev–Trinajstić information content (AvgIpc) is 2.71. The number of rotatable bonds is 1. The lowest BCUT2D eigenvalue weighted by Crippen LogP contribution is -2.22. The molecule has 4 heteroatoms. The SMILES string of the molecule is N#Cc1c(N)[nH+]c2c(c1-c1ccccc1Cl)CCCCC2. The molecule has 21 heavy (non-hydrogen) atoms. The average molecular weight is 299 g/mol. The van der Waals surface area contributed by atoms with Crippen LogP contribution in [0.5, 0.6) is 0 Å². The molecule has 1 aromatic carbocycles. The number of nitrogens with one attached hydrogen (secondary N) is 1. The number of nitrogens with zero attached hydrogens (tertiary/aromatic N) is 1. The molecule has 1 aromatic heterocycles. The fourth-order valence-corrected chi connectivity index (χ4v) is 3.31. The van der Waals surface area contributed by atoms with Gasteiger partial charge < -0.3 is 0 Å². The van der Waals surface area contributed by atoms with Gasteiger partial charge in [-0.3, -0.25) is 5.73 Å². The van der Waals surface area contributed by atoms with Crippen LogP contribution < -0.4 is 10.7 Å². The molecule has 0 radical (unpaired) electrons. The molecule has 3 nitrogen and oxygen atoms in total. The van der Waals surface area contributed by atoms with E-state index in [9.17, 15) is 5.26 Å². The molecular formula is C17H17ClN3+. The second kappa shape index (κ2) is 5.75. The molecule has 1 aliphatic carbocycles. The van der Waals surface area contributed by atoms with Crippen LogP contribution in [-0.4, -0.2) is 0 Å². The van der Waals surface area contributed by atoms with Crippen molar-refractivity contribution in [2.75, 3.05) is 5.73 Å². The van der Waals surface area contributed by atoms with E-state index in [-0.39, 0.29) is 0 Å². The van der Waals surface area contributed by atoms with Gasteiger partial charge in [0.15, 0.2) is 0 Å². The zero-order valence-corrected chi connectivity index (χ0v) is 12.5. The molecule has 3 rings (SSSR count). The number of nitriles is 1. The third-order valence-electron chi connectivity index (χ3n) is 4.08. The summed E-state index contributed by atoms with van der Waals surface area (Å²) in [5.41, 5.74) is 10.7. The van der Waals surface area contributed by atoms with Crippen LogP contribution in [0.15, 0.2) is 24.3 Å². The molecule has 0 unspecified atom stereocenters. The smallest absolute Gasteiger partial charge is 0.286 e. The van der Waals surface area contributed by atoms with Crippen molar-refractivity contribution >= 4 is 17.4 Å². The van der Waals surface area contributed by atoms with Crippen molar-refractivity contribution in [2.45, 2.75) is 32.1 Å². The van der Waals surface area contributed by atoms with Gasteiger partial charge in [-0.05, 0) is 25.3 Å². The number of halogens is 1. The van der Waals surface area contributed by atoms with Crippen LogP contribution in [0.3, 0.4) is 0 Å². The number of aryl methyl sites for hydroxylation is 1. The molecule has 2 aromatic rings. The fraction of sp³-hybridized carbons (Fsp3) is 0.294. The van der Waals surface area contributed by atoms with Crippen LogP contribution >= 0.6 is 11.6 Å². The maximum Gasteiger partial charge on any atom is 0.289 e. The highest BCUT2D eigenvalue weighted by Gasteiger charge is 2.25. The fourth-order valence-electron chi connectivity index (χ4n) is 3.08. The van der Waals surface area contributed by atoms with E-state index in [0.717, 1.165) is 42.5 Å². The normalized spacial score (nSPS) is 14.1. The minimum absolute atomic E-state index is 0.438. The zero-order valence-electron chi connectivity index (χ0n) is 11.7. The molecule has 0 amide bonds. The first-order valence-electron chi connectivity index (χ1n) is 7.24. The monoisotopic (exact) mass is 298 g/mol. The third-order valence-corrected chi connectivity index (χ3v) is 4.41. The Morgan fingerprint density at radius 3 is 2.67 bits per heavy atom. The summed E-state index contributed by atoms with van der Waals surface area (Å²) in [6.07, 6.45) is 5.42. The van der Waals surface area contributed by atoms with Crippen molar-refractivity contribution in [1.82, 2.24) is 0 Å². The van der Waals surface area contributed by atoms with Gasteiger partial charge in [-0.25, -0.2) is 4.98 Å². The van der Waals surface area contributed by atoms with Crippen LogP contribution in [0.4, 0.5) is 5.82 Å². The highest BCUT2D eigenvalue weighted by molar-refractivity contribution is 6.33. The summed E-state index contributed by atoms with van der Waals surface area (Å²) in [6, 6.07) is 9.90. The number of hydrogen-bond donors (Lipinski definition) is 1. The Labute approximate surface area is 129 Å². The van der Waals surface area contributed by atoms with Crippen molar-refractivity contribution in [1.29, 1.82) is 5.26 Å². The Morgan fingerprint density at radius 1 is 1.14 bits per heavy atom. The summed E-state index contributed by atoms with van der Waals surface area (Å²) in [5, 5.41) is 10.2. The molecule has 106 valence electrons. The highest BCUT2D eigenvalue weighted by atomic mass is 35.5. The van der Waals surface area contributed by atoms with Gasteiger partial charge in [-0.15, -0.1) is 0 Å². The number of hydrogen-bond acceptors (Lipinski definition) is 2. The van der Waals surface area contributed by atoms with E-state index in [2.05, 4.69) is 11.1 Å². The molecule has 0 saturated carbocycles. The maximum atomic E-state index is 9.53. The summed E-state index contributed by atoms with van der Waals surface area (Å²) in [4.78, 5) is 3.23. The number of benzene rings is 1. The quantitative estimate of drug-likeness (QED) is 0.818. The minimum Gasteiger partial charge on any atom is -0.286 e. The molecule has 1 heterocycles. The molecule has 0 atom stereocenters. The lowest BCUT2D eigenvalue weighted by molar-refractivity contribution is -0.373. The van der Waals surface area contributed by atoms with Gasteiger partial charge in [-0.2, -0.15) is 5.26 Å². The highest BCUT2D eigenvalue weighted by Crippen LogP contribution is 2.37. The zero-order chi connectivity index (χ0) is 14.8. The molecule has 1 aliphatic rings. The van der Waals surface area contributed by atoms with Crippen molar-refractivity contribution in [2.24, 2.45) is 0 Å². The first-order valence-corrected chi connectivity index (χ1v) is 7.61. The van der Waals surface area contributed by atoms with Crippen LogP contribution in [0.1, 0.15) is 36.1 Å². The molecule has 0 bridgehead atoms. The Kier molecular flexibility index (Phi) is 3.81. The van der Waals surface area contributed by atoms with Gasteiger partial charge >= 0.3 is 0 Å². The van der Waals surface area contributed by atoms with Crippen molar-refractivity contribution < 1.29 is 4.98 Å². The van der Waals surface area contributed by atoms with Gasteiger partial charge in [-0.1, -0.05) is 36.2 Å². The number of fused-ring (bicyclic) bond motifs is 1. The number of nitrogens with two attached hydrogens (primary N) is 1. The van der Waals surface area contributed by atoms with E-state index in [1.54, 1.807) is 0 Å². The minimum atomic E-state index is 0.438. The molecule has 0 saturated heterocycles. The third kappa shape index (κ3) is 2.48. The van der Waals surface area contributed by atoms with Crippen LogP contribution in [0.25, 0.3) is 11.1 Å². The van der Waals surface area contributed by atoms with E-state index in [0.29, 0.717) is 16.4 Å². The Balaban J connectivity index is 2.34. The van der Waals surface area contributed by atoms with Gasteiger partial charge in [0.05, 0.1) is 0 Å². The van der Waals surface area contributed by atoms with Gasteiger partial charge in [0.2, 0.25) is 0 Å². The number of pyridine rings is 1. The van der Waals surface area contributed by atoms with Crippen LogP contribution in [0.2, 0.25) is 5.02 Å². The van der Waals surface area contributed by atoms with E-state index in [1.165, 1.54) is 12.0 Å². The van der Waals surface area contributed by atoms with E-state index in [1.807, 2.05) is 24.3 Å². The number of anilines is 1. The predicted molar refractivity (Wildman–Crippen MR) is 83.8 cm³/mol. The Bertz CT molecular complexity index is 732. The van der Waals surface area contributed by atoms with Crippen LogP contribution in [-0.2, 0) is 12.8 Å². The molecular weight excluding hydrogens is 282 g/mol. The first kappa shape index (κ1) is 13.9. The Morgan fingerprint density at radius 2 is 1.90 bits per heavy atom. The van der Waals surface area contributed by atoms with Gasteiger partial charge in [0.1, 0.15) is 17.3 Å². The Hall–Kier alpha value is -2.05. The summed E-state index contributed by atoms with van der Waals surface area (Å²) >= 11 is 6.36. The number of aromatic amines is 1. The van der Waals surface area contributed by atoms with E-state index >= 15 is 0 Å². The van der Waals surface area contributed by atoms with Crippen molar-refractivity contribution in [3.8, 4) is 17.2 Å². The summed E-state index contributed by atoms with van der Waals surface area (Å²) in [5.74, 6) is 0.438. The largest absolute Gasteiger partial charge is 0.289 e. The first-order chi connectivity index (χ1) is 10.2. The van der Waals surface area contributed by atoms with Gasteiger partial charge in [0, 0.05) is 28.1 Å². The predicted octanol–water partition coefficient (Wildman–Crippen LogP) is 3.54. The molecule has 0 spiro atoms. The lowest BCUT2D eigenvalue weighted by Gasteiger charge is -2.14. The lowest BCUT2D eigenvalue weighted by atomic mass is 9.92. The maximum absolute atomic E-state index is 9.53. The van der Waals surface area contributed by atoms with Crippen LogP contribution in [0, 0.1) is 11.3 Å². The molecule has 3 N–H and O–H groups in total. The summed E-state index contributed by atoms with van der Waals surface area (Å²) in [7, 11) is 0. The topological polar surface area (TPSA) is 64.0 Å². The summed E-state index contributed by atoms with van der Waals surface area (Å²) < 4.78 is 0.